The van der Waals surface area contributed by atoms with Gasteiger partial charge < -0.3 is 21.9 Å². The standard InChI is InChI=1S/C28H56N4O3/c1-2-3-4-5-6-7-8-9-10-11-12-13-14-15-16-17-18-19-20-23-26(33)32-25(27(34)35)22-21-24-31-28(29)30/h25H,2-24H2,1H3,(H,32,33)(H,34,35)(H4,29,30,31)/t25-/m0/s1. The lowest BCUT2D eigenvalue weighted by Crippen LogP contribution is -2.40. The van der Waals surface area contributed by atoms with Gasteiger partial charge in [0.1, 0.15) is 6.04 Å². The molecule has 35 heavy (non-hydrogen) atoms. The lowest BCUT2D eigenvalue weighted by molar-refractivity contribution is -0.142. The Morgan fingerprint density at radius 2 is 1.09 bits per heavy atom. The van der Waals surface area contributed by atoms with Gasteiger partial charge in [0, 0.05) is 13.0 Å². The van der Waals surface area contributed by atoms with Crippen LogP contribution in [0.1, 0.15) is 148 Å². The van der Waals surface area contributed by atoms with Gasteiger partial charge in [0.2, 0.25) is 5.91 Å². The summed E-state index contributed by atoms with van der Waals surface area (Å²) in [5, 5.41) is 11.9. The van der Waals surface area contributed by atoms with Crippen molar-refractivity contribution in [2.75, 3.05) is 6.54 Å². The number of aliphatic imine (C=N–C) groups is 1. The van der Waals surface area contributed by atoms with Crippen molar-refractivity contribution >= 4 is 17.8 Å². The summed E-state index contributed by atoms with van der Waals surface area (Å²) in [6.07, 6.45) is 26.2. The van der Waals surface area contributed by atoms with Crippen LogP contribution in [0.5, 0.6) is 0 Å². The van der Waals surface area contributed by atoms with Gasteiger partial charge in [-0.15, -0.1) is 0 Å². The maximum absolute atomic E-state index is 12.0. The summed E-state index contributed by atoms with van der Waals surface area (Å²) >= 11 is 0. The van der Waals surface area contributed by atoms with E-state index in [1.807, 2.05) is 0 Å². The minimum absolute atomic E-state index is 0.00902. The first-order valence-corrected chi connectivity index (χ1v) is 14.5. The van der Waals surface area contributed by atoms with E-state index in [0.29, 0.717) is 25.8 Å². The van der Waals surface area contributed by atoms with E-state index in [1.54, 1.807) is 0 Å². The van der Waals surface area contributed by atoms with Crippen LogP contribution >= 0.6 is 0 Å². The van der Waals surface area contributed by atoms with Gasteiger partial charge in [-0.25, -0.2) is 4.79 Å². The number of carbonyl (C=O) groups excluding carboxylic acids is 1. The van der Waals surface area contributed by atoms with Gasteiger partial charge >= 0.3 is 5.97 Å². The molecule has 0 bridgehead atoms. The summed E-state index contributed by atoms with van der Waals surface area (Å²) < 4.78 is 0. The Morgan fingerprint density at radius 1 is 0.686 bits per heavy atom. The molecule has 1 amide bonds. The summed E-state index contributed by atoms with van der Waals surface area (Å²) in [5.74, 6) is -1.22. The Morgan fingerprint density at radius 3 is 1.46 bits per heavy atom. The number of hydrogen-bond donors (Lipinski definition) is 4. The molecule has 7 heteroatoms. The van der Waals surface area contributed by atoms with Crippen LogP contribution in [0.4, 0.5) is 0 Å². The van der Waals surface area contributed by atoms with Crippen molar-refractivity contribution < 1.29 is 14.7 Å². The van der Waals surface area contributed by atoms with Gasteiger partial charge in [-0.05, 0) is 19.3 Å². The Labute approximate surface area is 215 Å². The maximum atomic E-state index is 12.0. The van der Waals surface area contributed by atoms with Crippen molar-refractivity contribution in [2.24, 2.45) is 16.5 Å². The third-order valence-electron chi connectivity index (χ3n) is 6.59. The zero-order valence-electron chi connectivity index (χ0n) is 22.7. The Hall–Kier alpha value is -1.79. The molecule has 0 spiro atoms. The minimum atomic E-state index is -1.02. The molecule has 0 aromatic carbocycles. The third-order valence-corrected chi connectivity index (χ3v) is 6.59. The highest BCUT2D eigenvalue weighted by Crippen LogP contribution is 2.15. The smallest absolute Gasteiger partial charge is 0.326 e. The number of unbranched alkanes of at least 4 members (excludes halogenated alkanes) is 18. The number of amides is 1. The van der Waals surface area contributed by atoms with E-state index < -0.39 is 12.0 Å². The highest BCUT2D eigenvalue weighted by atomic mass is 16.4. The molecular formula is C28H56N4O3. The van der Waals surface area contributed by atoms with Gasteiger partial charge in [0.15, 0.2) is 5.96 Å². The van der Waals surface area contributed by atoms with E-state index in [2.05, 4.69) is 17.2 Å². The van der Waals surface area contributed by atoms with Crippen molar-refractivity contribution in [3.05, 3.63) is 0 Å². The number of carboxylic acid groups (broad SMARTS) is 1. The molecule has 0 heterocycles. The minimum Gasteiger partial charge on any atom is -0.480 e. The normalized spacial score (nSPS) is 11.8. The fourth-order valence-electron chi connectivity index (χ4n) is 4.39. The second kappa shape index (κ2) is 25.3. The second-order valence-electron chi connectivity index (χ2n) is 10.0. The highest BCUT2D eigenvalue weighted by molar-refractivity contribution is 5.83. The van der Waals surface area contributed by atoms with E-state index in [-0.39, 0.29) is 11.9 Å². The Bertz CT molecular complexity index is 536. The molecule has 1 atom stereocenters. The molecule has 7 nitrogen and oxygen atoms in total. The van der Waals surface area contributed by atoms with Crippen molar-refractivity contribution in [3.8, 4) is 0 Å². The molecule has 6 N–H and O–H groups in total. The van der Waals surface area contributed by atoms with E-state index in [9.17, 15) is 14.7 Å². The molecule has 0 fully saturated rings. The average Bonchev–Trinajstić information content (AvgIpc) is 2.82. The summed E-state index contributed by atoms with van der Waals surface area (Å²) in [6, 6.07) is -0.878. The molecule has 0 aliphatic heterocycles. The summed E-state index contributed by atoms with van der Waals surface area (Å²) in [7, 11) is 0. The molecule has 0 unspecified atom stereocenters. The van der Waals surface area contributed by atoms with Crippen LogP contribution in [0.15, 0.2) is 4.99 Å². The first-order chi connectivity index (χ1) is 17.0. The molecule has 0 aromatic heterocycles. The fraction of sp³-hybridized carbons (Fsp3) is 0.893. The fourth-order valence-corrected chi connectivity index (χ4v) is 4.39. The molecule has 206 valence electrons. The quantitative estimate of drug-likeness (QED) is 0.0622. The molecule has 0 aromatic rings. The van der Waals surface area contributed by atoms with Gasteiger partial charge in [-0.3, -0.25) is 9.79 Å². The third kappa shape index (κ3) is 25.1. The van der Waals surface area contributed by atoms with E-state index in [1.165, 1.54) is 103 Å². The average molecular weight is 497 g/mol. The van der Waals surface area contributed by atoms with Crippen LogP contribution in [-0.2, 0) is 9.59 Å². The van der Waals surface area contributed by atoms with Crippen molar-refractivity contribution in [1.82, 2.24) is 5.32 Å². The summed E-state index contributed by atoms with van der Waals surface area (Å²) in [6.45, 7) is 2.64. The Balaban J connectivity index is 3.44. The predicted octanol–water partition coefficient (Wildman–Crippen LogP) is 6.43. The number of guanidine groups is 1. The van der Waals surface area contributed by atoms with E-state index in [4.69, 9.17) is 11.5 Å². The van der Waals surface area contributed by atoms with Gasteiger partial charge in [-0.2, -0.15) is 0 Å². The van der Waals surface area contributed by atoms with Gasteiger partial charge in [0.05, 0.1) is 0 Å². The van der Waals surface area contributed by atoms with E-state index >= 15 is 0 Å². The summed E-state index contributed by atoms with van der Waals surface area (Å²) in [4.78, 5) is 27.2. The molecule has 0 aliphatic carbocycles. The van der Waals surface area contributed by atoms with Gasteiger partial charge in [0.25, 0.3) is 0 Å². The van der Waals surface area contributed by atoms with Crippen molar-refractivity contribution in [3.63, 3.8) is 0 Å². The first kappa shape index (κ1) is 33.2. The van der Waals surface area contributed by atoms with Crippen LogP contribution in [0.2, 0.25) is 0 Å². The number of rotatable bonds is 26. The number of carbonyl (C=O) groups is 2. The number of hydrogen-bond acceptors (Lipinski definition) is 3. The molecule has 0 rings (SSSR count). The topological polar surface area (TPSA) is 131 Å². The monoisotopic (exact) mass is 496 g/mol. The lowest BCUT2D eigenvalue weighted by atomic mass is 10.0. The molecule has 0 radical (unpaired) electrons. The SMILES string of the molecule is CCCCCCCCCCCCCCCCCCCCCC(=O)N[C@@H](CCCN=C(N)N)C(=O)O. The van der Waals surface area contributed by atoms with Crippen LogP contribution in [0.3, 0.4) is 0 Å². The molecule has 0 saturated carbocycles. The second-order valence-corrected chi connectivity index (χ2v) is 10.0. The van der Waals surface area contributed by atoms with E-state index in [0.717, 1.165) is 19.3 Å². The predicted molar refractivity (Wildman–Crippen MR) is 147 cm³/mol. The zero-order valence-corrected chi connectivity index (χ0v) is 22.7. The largest absolute Gasteiger partial charge is 0.480 e. The van der Waals surface area contributed by atoms with Crippen LogP contribution < -0.4 is 16.8 Å². The zero-order chi connectivity index (χ0) is 26.0. The molecule has 0 saturated heterocycles. The van der Waals surface area contributed by atoms with Crippen LogP contribution in [0, 0.1) is 0 Å². The first-order valence-electron chi connectivity index (χ1n) is 14.5. The maximum Gasteiger partial charge on any atom is 0.326 e. The van der Waals surface area contributed by atoms with Crippen molar-refractivity contribution in [1.29, 1.82) is 0 Å². The molecular weight excluding hydrogens is 440 g/mol. The number of nitrogens with two attached hydrogens (primary N) is 2. The number of carboxylic acids is 1. The number of nitrogens with one attached hydrogen (secondary N) is 1. The van der Waals surface area contributed by atoms with Crippen LogP contribution in [0.25, 0.3) is 0 Å². The molecule has 0 aliphatic rings. The van der Waals surface area contributed by atoms with Crippen LogP contribution in [-0.4, -0.2) is 35.5 Å². The van der Waals surface area contributed by atoms with Gasteiger partial charge in [-0.1, -0.05) is 122 Å². The summed E-state index contributed by atoms with van der Waals surface area (Å²) in [5.41, 5.74) is 10.5. The lowest BCUT2D eigenvalue weighted by Gasteiger charge is -2.14. The number of nitrogens with zero attached hydrogens (tertiary/aromatic N) is 1. The Kier molecular flexibility index (Phi) is 24.0. The van der Waals surface area contributed by atoms with Crippen molar-refractivity contribution in [2.45, 2.75) is 154 Å². The number of aliphatic carboxylic acids is 1. The highest BCUT2D eigenvalue weighted by Gasteiger charge is 2.18.